The molecule has 3 N–H and O–H groups in total. The summed E-state index contributed by atoms with van der Waals surface area (Å²) in [6, 6.07) is 9.80. The second kappa shape index (κ2) is 7.71. The third-order valence-electron chi connectivity index (χ3n) is 2.93. The van der Waals surface area contributed by atoms with Crippen molar-refractivity contribution in [2.45, 2.75) is 13.8 Å². The summed E-state index contributed by atoms with van der Waals surface area (Å²) in [6.07, 6.45) is 0. The first-order valence-electron chi connectivity index (χ1n) is 6.37. The third kappa shape index (κ3) is 5.19. The maximum Gasteiger partial charge on any atom is 0.119 e. The van der Waals surface area contributed by atoms with Crippen LogP contribution in [-0.2, 0) is 0 Å². The van der Waals surface area contributed by atoms with Gasteiger partial charge in [-0.1, -0.05) is 32.0 Å². The van der Waals surface area contributed by atoms with E-state index >= 15 is 0 Å². The highest BCUT2D eigenvalue weighted by Crippen LogP contribution is 2.08. The second-order valence-electron chi connectivity index (χ2n) is 4.41. The molecule has 0 heterocycles. The molecule has 18 heavy (non-hydrogen) atoms. The van der Waals surface area contributed by atoms with Crippen LogP contribution in [0.25, 0.3) is 0 Å². The van der Waals surface area contributed by atoms with Crippen LogP contribution in [0.1, 0.15) is 13.8 Å². The first kappa shape index (κ1) is 14.5. The van der Waals surface area contributed by atoms with Gasteiger partial charge in [0.25, 0.3) is 0 Å². The average molecular weight is 249 g/mol. The molecular formula is C14H23N3O. The lowest BCUT2D eigenvalue weighted by atomic mass is 10.1. The van der Waals surface area contributed by atoms with Crippen molar-refractivity contribution in [1.29, 1.82) is 5.41 Å². The molecule has 4 nitrogen and oxygen atoms in total. The maximum atomic E-state index is 7.40. The normalized spacial score (nSPS) is 12.4. The van der Waals surface area contributed by atoms with Crippen molar-refractivity contribution >= 4 is 5.84 Å². The van der Waals surface area contributed by atoms with Gasteiger partial charge >= 0.3 is 0 Å². The lowest BCUT2D eigenvalue weighted by molar-refractivity contribution is 0.207. The highest BCUT2D eigenvalue weighted by molar-refractivity contribution is 5.79. The predicted octanol–water partition coefficient (Wildman–Crippen LogP) is 1.96. The van der Waals surface area contributed by atoms with E-state index in [1.54, 1.807) is 0 Å². The Morgan fingerprint density at radius 3 is 2.61 bits per heavy atom. The fourth-order valence-corrected chi connectivity index (χ4v) is 1.67. The highest BCUT2D eigenvalue weighted by Gasteiger charge is 2.10. The minimum absolute atomic E-state index is 0.0988. The van der Waals surface area contributed by atoms with E-state index in [9.17, 15) is 0 Å². The van der Waals surface area contributed by atoms with Gasteiger partial charge in [0.05, 0.1) is 5.84 Å². The number of likely N-dealkylation sites (N-methyl/N-ethyl adjacent to an activating group) is 1. The van der Waals surface area contributed by atoms with Crippen molar-refractivity contribution in [2.24, 2.45) is 11.7 Å². The first-order chi connectivity index (χ1) is 8.63. The van der Waals surface area contributed by atoms with Crippen LogP contribution in [0.5, 0.6) is 5.75 Å². The van der Waals surface area contributed by atoms with E-state index in [-0.39, 0.29) is 11.8 Å². The van der Waals surface area contributed by atoms with Gasteiger partial charge in [-0.2, -0.15) is 0 Å². The molecule has 0 spiro atoms. The van der Waals surface area contributed by atoms with Crippen LogP contribution in [0.3, 0.4) is 0 Å². The smallest absolute Gasteiger partial charge is 0.119 e. The Morgan fingerprint density at radius 1 is 1.39 bits per heavy atom. The molecule has 4 heteroatoms. The molecule has 1 unspecified atom stereocenters. The summed E-state index contributed by atoms with van der Waals surface area (Å²) in [5.74, 6) is 1.24. The zero-order valence-electron chi connectivity index (χ0n) is 11.2. The fourth-order valence-electron chi connectivity index (χ4n) is 1.67. The van der Waals surface area contributed by atoms with Crippen molar-refractivity contribution in [3.63, 3.8) is 0 Å². The van der Waals surface area contributed by atoms with Gasteiger partial charge in [0.15, 0.2) is 0 Å². The van der Waals surface area contributed by atoms with Crippen LogP contribution in [0.15, 0.2) is 30.3 Å². The molecule has 0 saturated heterocycles. The summed E-state index contributed by atoms with van der Waals surface area (Å²) in [4.78, 5) is 2.25. The Kier molecular flexibility index (Phi) is 6.22. The number of amidine groups is 1. The summed E-state index contributed by atoms with van der Waals surface area (Å²) in [5, 5.41) is 7.40. The number of nitrogens with one attached hydrogen (secondary N) is 1. The molecule has 0 saturated carbocycles. The number of rotatable bonds is 8. The third-order valence-corrected chi connectivity index (χ3v) is 2.93. The number of para-hydroxylation sites is 1. The maximum absolute atomic E-state index is 7.40. The lowest BCUT2D eigenvalue weighted by Gasteiger charge is -2.23. The van der Waals surface area contributed by atoms with Crippen molar-refractivity contribution in [1.82, 2.24) is 4.90 Å². The lowest BCUT2D eigenvalue weighted by Crippen LogP contribution is -2.36. The molecule has 0 aliphatic rings. The molecule has 1 aromatic rings. The van der Waals surface area contributed by atoms with Crippen LogP contribution in [-0.4, -0.2) is 37.0 Å². The molecular weight excluding hydrogens is 226 g/mol. The van der Waals surface area contributed by atoms with E-state index in [0.717, 1.165) is 25.4 Å². The number of hydrogen-bond acceptors (Lipinski definition) is 3. The Hall–Kier alpha value is -1.55. The fraction of sp³-hybridized carbons (Fsp3) is 0.500. The highest BCUT2D eigenvalue weighted by atomic mass is 16.5. The minimum atomic E-state index is 0.0988. The van der Waals surface area contributed by atoms with Gasteiger partial charge in [0.1, 0.15) is 12.4 Å². The topological polar surface area (TPSA) is 62.3 Å². The molecule has 0 aromatic heterocycles. The molecule has 1 rings (SSSR count). The van der Waals surface area contributed by atoms with Crippen LogP contribution in [0, 0.1) is 11.3 Å². The van der Waals surface area contributed by atoms with Gasteiger partial charge in [-0.25, -0.2) is 0 Å². The zero-order valence-corrected chi connectivity index (χ0v) is 11.2. The Balaban J connectivity index is 2.29. The van der Waals surface area contributed by atoms with Gasteiger partial charge in [-0.05, 0) is 18.7 Å². The predicted molar refractivity (Wildman–Crippen MR) is 75.1 cm³/mol. The number of nitrogens with zero attached hydrogens (tertiary/aromatic N) is 1. The zero-order chi connectivity index (χ0) is 13.4. The van der Waals surface area contributed by atoms with E-state index in [2.05, 4.69) is 11.8 Å². The van der Waals surface area contributed by atoms with Gasteiger partial charge in [0.2, 0.25) is 0 Å². The second-order valence-corrected chi connectivity index (χ2v) is 4.41. The van der Waals surface area contributed by atoms with Crippen LogP contribution in [0.2, 0.25) is 0 Å². The molecule has 1 aromatic carbocycles. The minimum Gasteiger partial charge on any atom is -0.492 e. The van der Waals surface area contributed by atoms with Crippen molar-refractivity contribution in [2.75, 3.05) is 26.2 Å². The molecule has 100 valence electrons. The Morgan fingerprint density at radius 2 is 2.06 bits per heavy atom. The molecule has 0 bridgehead atoms. The summed E-state index contributed by atoms with van der Waals surface area (Å²) in [6.45, 7) is 7.34. The molecule has 1 atom stereocenters. The quantitative estimate of drug-likeness (QED) is 0.547. The Bertz CT molecular complexity index is 353. The van der Waals surface area contributed by atoms with E-state index in [4.69, 9.17) is 15.9 Å². The molecule has 0 radical (unpaired) electrons. The largest absolute Gasteiger partial charge is 0.492 e. The van der Waals surface area contributed by atoms with Gasteiger partial charge in [-0.15, -0.1) is 0 Å². The van der Waals surface area contributed by atoms with E-state index in [0.29, 0.717) is 6.61 Å². The molecule has 0 amide bonds. The summed E-state index contributed by atoms with van der Waals surface area (Å²) >= 11 is 0. The summed E-state index contributed by atoms with van der Waals surface area (Å²) in [5.41, 5.74) is 5.48. The first-order valence-corrected chi connectivity index (χ1v) is 6.37. The van der Waals surface area contributed by atoms with Gasteiger partial charge in [0, 0.05) is 19.0 Å². The van der Waals surface area contributed by atoms with Crippen molar-refractivity contribution in [3.8, 4) is 5.75 Å². The number of ether oxygens (including phenoxy) is 1. The SMILES string of the molecule is CCN(CCOc1ccccc1)CC(C)C(=N)N. The summed E-state index contributed by atoms with van der Waals surface area (Å²) in [7, 11) is 0. The standard InChI is InChI=1S/C14H23N3O/c1-3-17(11-12(2)14(15)16)9-10-18-13-7-5-4-6-8-13/h4-8,12H,3,9-11H2,1-2H3,(H3,15,16). The van der Waals surface area contributed by atoms with Crippen molar-refractivity contribution < 1.29 is 4.74 Å². The number of benzene rings is 1. The van der Waals surface area contributed by atoms with Crippen LogP contribution >= 0.6 is 0 Å². The summed E-state index contributed by atoms with van der Waals surface area (Å²) < 4.78 is 5.65. The van der Waals surface area contributed by atoms with Crippen LogP contribution < -0.4 is 10.5 Å². The van der Waals surface area contributed by atoms with E-state index in [1.165, 1.54) is 0 Å². The number of nitrogens with two attached hydrogens (primary N) is 1. The van der Waals surface area contributed by atoms with E-state index in [1.807, 2.05) is 37.3 Å². The van der Waals surface area contributed by atoms with Crippen LogP contribution in [0.4, 0.5) is 0 Å². The average Bonchev–Trinajstić information content (AvgIpc) is 2.38. The number of hydrogen-bond donors (Lipinski definition) is 2. The molecule has 0 fully saturated rings. The Labute approximate surface area is 109 Å². The van der Waals surface area contributed by atoms with Crippen molar-refractivity contribution in [3.05, 3.63) is 30.3 Å². The molecule has 0 aliphatic heterocycles. The van der Waals surface area contributed by atoms with Gasteiger partial charge in [-0.3, -0.25) is 10.3 Å². The van der Waals surface area contributed by atoms with E-state index < -0.39 is 0 Å². The monoisotopic (exact) mass is 249 g/mol. The van der Waals surface area contributed by atoms with Gasteiger partial charge < -0.3 is 10.5 Å². The molecule has 0 aliphatic carbocycles.